The van der Waals surface area contributed by atoms with Gasteiger partial charge in [0.15, 0.2) is 0 Å². The summed E-state index contributed by atoms with van der Waals surface area (Å²) in [6.45, 7) is 3.51. The maximum absolute atomic E-state index is 11.7. The standard InChI is InChI=1S/C21H23N3O3/c1-21(2,26)20(25)23-22-12-16-14-24(19-10-5-4-9-18(16)19)13-15-7-6-8-17(11-15)27-3/h4-12,14,26H,13H2,1-3H3,(H,23,25)/b22-12+. The van der Waals surface area contributed by atoms with E-state index in [0.717, 1.165) is 27.8 Å². The first kappa shape index (κ1) is 18.7. The molecule has 0 aliphatic carbocycles. The molecule has 140 valence electrons. The van der Waals surface area contributed by atoms with Gasteiger partial charge in [-0.25, -0.2) is 5.43 Å². The number of aliphatic hydroxyl groups is 1. The number of hydrogen-bond acceptors (Lipinski definition) is 4. The lowest BCUT2D eigenvalue weighted by molar-refractivity contribution is -0.136. The summed E-state index contributed by atoms with van der Waals surface area (Å²) in [7, 11) is 1.65. The normalized spacial score (nSPS) is 11.9. The molecule has 0 fully saturated rings. The minimum absolute atomic E-state index is 0.557. The summed E-state index contributed by atoms with van der Waals surface area (Å²) in [5, 5.41) is 14.7. The van der Waals surface area contributed by atoms with Crippen LogP contribution in [0.3, 0.4) is 0 Å². The number of para-hydroxylation sites is 1. The van der Waals surface area contributed by atoms with Crippen molar-refractivity contribution in [1.29, 1.82) is 0 Å². The molecule has 6 heteroatoms. The Morgan fingerprint density at radius 1 is 1.26 bits per heavy atom. The van der Waals surface area contributed by atoms with Gasteiger partial charge in [0.1, 0.15) is 11.4 Å². The van der Waals surface area contributed by atoms with Crippen LogP contribution in [0.2, 0.25) is 0 Å². The van der Waals surface area contributed by atoms with E-state index in [1.54, 1.807) is 13.3 Å². The van der Waals surface area contributed by atoms with Gasteiger partial charge in [0.05, 0.1) is 13.3 Å². The largest absolute Gasteiger partial charge is 0.497 e. The van der Waals surface area contributed by atoms with E-state index < -0.39 is 11.5 Å². The Balaban J connectivity index is 1.88. The number of aromatic nitrogens is 1. The Kier molecular flexibility index (Phi) is 5.28. The predicted molar refractivity (Wildman–Crippen MR) is 106 cm³/mol. The third kappa shape index (κ3) is 4.35. The lowest BCUT2D eigenvalue weighted by Gasteiger charge is -2.13. The van der Waals surface area contributed by atoms with Gasteiger partial charge in [0.25, 0.3) is 5.91 Å². The van der Waals surface area contributed by atoms with Crippen molar-refractivity contribution in [2.24, 2.45) is 5.10 Å². The van der Waals surface area contributed by atoms with E-state index in [2.05, 4.69) is 21.2 Å². The Bertz CT molecular complexity index is 984. The number of methoxy groups -OCH3 is 1. The number of benzene rings is 2. The lowest BCUT2D eigenvalue weighted by atomic mass is 10.1. The second-order valence-electron chi connectivity index (χ2n) is 6.84. The van der Waals surface area contributed by atoms with Crippen molar-refractivity contribution in [2.75, 3.05) is 7.11 Å². The lowest BCUT2D eigenvalue weighted by Crippen LogP contribution is -2.39. The van der Waals surface area contributed by atoms with Gasteiger partial charge in [-0.3, -0.25) is 4.79 Å². The van der Waals surface area contributed by atoms with E-state index in [0.29, 0.717) is 6.54 Å². The van der Waals surface area contributed by atoms with Crippen LogP contribution in [0.15, 0.2) is 59.8 Å². The molecule has 0 atom stereocenters. The molecule has 1 heterocycles. The van der Waals surface area contributed by atoms with Crippen LogP contribution in [-0.4, -0.2) is 34.5 Å². The van der Waals surface area contributed by atoms with Gasteiger partial charge >= 0.3 is 0 Å². The number of fused-ring (bicyclic) bond motifs is 1. The fraction of sp³-hybridized carbons (Fsp3) is 0.238. The number of carbonyl (C=O) groups excluding carboxylic acids is 1. The number of hydrazone groups is 1. The fourth-order valence-corrected chi connectivity index (χ4v) is 2.77. The Hall–Kier alpha value is -3.12. The number of hydrogen-bond donors (Lipinski definition) is 2. The maximum Gasteiger partial charge on any atom is 0.271 e. The summed E-state index contributed by atoms with van der Waals surface area (Å²) in [6.07, 6.45) is 3.58. The van der Waals surface area contributed by atoms with Gasteiger partial charge in [-0.05, 0) is 37.6 Å². The number of rotatable bonds is 6. The summed E-state index contributed by atoms with van der Waals surface area (Å²) < 4.78 is 7.43. The number of carbonyl (C=O) groups is 1. The first-order valence-electron chi connectivity index (χ1n) is 8.65. The molecule has 3 rings (SSSR count). The van der Waals surface area contributed by atoms with Crippen LogP contribution < -0.4 is 10.2 Å². The summed E-state index contributed by atoms with van der Waals surface area (Å²) in [4.78, 5) is 11.7. The number of ether oxygens (including phenoxy) is 1. The van der Waals surface area contributed by atoms with E-state index in [9.17, 15) is 9.90 Å². The highest BCUT2D eigenvalue weighted by molar-refractivity contribution is 5.99. The average Bonchev–Trinajstić information content (AvgIpc) is 2.99. The van der Waals surface area contributed by atoms with Gasteiger partial charge < -0.3 is 14.4 Å². The van der Waals surface area contributed by atoms with Gasteiger partial charge in [-0.15, -0.1) is 0 Å². The molecule has 0 aliphatic rings. The smallest absolute Gasteiger partial charge is 0.271 e. The highest BCUT2D eigenvalue weighted by atomic mass is 16.5. The molecule has 0 saturated carbocycles. The van der Waals surface area contributed by atoms with Crippen molar-refractivity contribution in [3.8, 4) is 5.75 Å². The molecule has 0 aliphatic heterocycles. The van der Waals surface area contributed by atoms with Crippen LogP contribution in [-0.2, 0) is 11.3 Å². The van der Waals surface area contributed by atoms with Gasteiger partial charge in [0, 0.05) is 29.2 Å². The quantitative estimate of drug-likeness (QED) is 0.521. The minimum atomic E-state index is -1.47. The van der Waals surface area contributed by atoms with Crippen LogP contribution >= 0.6 is 0 Å². The molecule has 6 nitrogen and oxygen atoms in total. The molecule has 3 aromatic rings. The third-order valence-corrected chi connectivity index (χ3v) is 4.23. The highest BCUT2D eigenvalue weighted by Crippen LogP contribution is 2.22. The van der Waals surface area contributed by atoms with Crippen LogP contribution in [0.4, 0.5) is 0 Å². The van der Waals surface area contributed by atoms with Crippen LogP contribution in [0.5, 0.6) is 5.75 Å². The average molecular weight is 365 g/mol. The molecule has 0 unspecified atom stereocenters. The van der Waals surface area contributed by atoms with Crippen molar-refractivity contribution in [1.82, 2.24) is 9.99 Å². The molecule has 0 spiro atoms. The zero-order valence-corrected chi connectivity index (χ0v) is 15.6. The molecule has 0 saturated heterocycles. The molecule has 2 aromatic carbocycles. The molecule has 1 aromatic heterocycles. The Labute approximate surface area is 158 Å². The van der Waals surface area contributed by atoms with Crippen molar-refractivity contribution in [2.45, 2.75) is 26.0 Å². The van der Waals surface area contributed by atoms with Gasteiger partial charge in [-0.2, -0.15) is 5.10 Å². The summed E-state index contributed by atoms with van der Waals surface area (Å²) >= 11 is 0. The molecule has 1 amide bonds. The van der Waals surface area contributed by atoms with Crippen molar-refractivity contribution >= 4 is 23.0 Å². The van der Waals surface area contributed by atoms with Gasteiger partial charge in [-0.1, -0.05) is 30.3 Å². The highest BCUT2D eigenvalue weighted by Gasteiger charge is 2.23. The second kappa shape index (κ2) is 7.63. The van der Waals surface area contributed by atoms with Crippen LogP contribution in [0.1, 0.15) is 25.0 Å². The summed E-state index contributed by atoms with van der Waals surface area (Å²) in [6, 6.07) is 15.9. The van der Waals surface area contributed by atoms with Crippen molar-refractivity contribution in [3.63, 3.8) is 0 Å². The van der Waals surface area contributed by atoms with Crippen LogP contribution in [0.25, 0.3) is 10.9 Å². The van der Waals surface area contributed by atoms with E-state index in [1.807, 2.05) is 48.7 Å². The van der Waals surface area contributed by atoms with Crippen LogP contribution in [0, 0.1) is 0 Å². The predicted octanol–water partition coefficient (Wildman–Crippen LogP) is 2.92. The minimum Gasteiger partial charge on any atom is -0.497 e. The Morgan fingerprint density at radius 3 is 2.78 bits per heavy atom. The van der Waals surface area contributed by atoms with E-state index >= 15 is 0 Å². The number of nitrogens with one attached hydrogen (secondary N) is 1. The SMILES string of the molecule is COc1cccc(Cn2cc(/C=N/NC(=O)C(C)(C)O)c3ccccc32)c1. The molecular weight excluding hydrogens is 342 g/mol. The zero-order valence-electron chi connectivity index (χ0n) is 15.6. The molecular formula is C21H23N3O3. The molecule has 0 radical (unpaired) electrons. The first-order valence-corrected chi connectivity index (χ1v) is 8.65. The zero-order chi connectivity index (χ0) is 19.4. The van der Waals surface area contributed by atoms with Gasteiger partial charge in [0.2, 0.25) is 0 Å². The molecule has 27 heavy (non-hydrogen) atoms. The molecule has 0 bridgehead atoms. The third-order valence-electron chi connectivity index (χ3n) is 4.23. The Morgan fingerprint density at radius 2 is 2.04 bits per heavy atom. The maximum atomic E-state index is 11.7. The number of amides is 1. The second-order valence-corrected chi connectivity index (χ2v) is 6.84. The fourth-order valence-electron chi connectivity index (χ4n) is 2.77. The van der Waals surface area contributed by atoms with E-state index in [4.69, 9.17) is 4.74 Å². The van der Waals surface area contributed by atoms with Crippen molar-refractivity contribution < 1.29 is 14.6 Å². The van der Waals surface area contributed by atoms with Crippen molar-refractivity contribution in [3.05, 3.63) is 65.9 Å². The first-order chi connectivity index (χ1) is 12.9. The monoisotopic (exact) mass is 365 g/mol. The molecule has 2 N–H and O–H groups in total. The van der Waals surface area contributed by atoms with E-state index in [1.165, 1.54) is 13.8 Å². The van der Waals surface area contributed by atoms with E-state index in [-0.39, 0.29) is 0 Å². The summed E-state index contributed by atoms with van der Waals surface area (Å²) in [5.74, 6) is 0.263. The summed E-state index contributed by atoms with van der Waals surface area (Å²) in [5.41, 5.74) is 3.95. The number of nitrogens with zero attached hydrogens (tertiary/aromatic N) is 2. The topological polar surface area (TPSA) is 75.8 Å².